The van der Waals surface area contributed by atoms with Crippen molar-refractivity contribution in [3.63, 3.8) is 0 Å². The Morgan fingerprint density at radius 1 is 1.20 bits per heavy atom. The maximum absolute atomic E-state index is 12.4. The van der Waals surface area contributed by atoms with Crippen LogP contribution >= 0.6 is 0 Å². The summed E-state index contributed by atoms with van der Waals surface area (Å²) in [6, 6.07) is 5.39. The minimum Gasteiger partial charge on any atom is -0.405 e. The zero-order chi connectivity index (χ0) is 14.9. The molecule has 0 fully saturated rings. The van der Waals surface area contributed by atoms with Gasteiger partial charge in [-0.25, -0.2) is 4.98 Å². The molecule has 0 amide bonds. The molecule has 1 heterocycles. The van der Waals surface area contributed by atoms with Gasteiger partial charge in [-0.15, -0.1) is 13.2 Å². The fraction of sp³-hybridized carbons (Fsp3) is 0.231. The van der Waals surface area contributed by atoms with Gasteiger partial charge in [0.1, 0.15) is 11.4 Å². The summed E-state index contributed by atoms with van der Waals surface area (Å²) >= 11 is 0. The van der Waals surface area contributed by atoms with Gasteiger partial charge in [0.05, 0.1) is 5.69 Å². The highest BCUT2D eigenvalue weighted by Gasteiger charge is 2.32. The van der Waals surface area contributed by atoms with E-state index in [2.05, 4.69) is 14.7 Å². The molecule has 0 radical (unpaired) electrons. The van der Waals surface area contributed by atoms with E-state index in [1.54, 1.807) is 13.8 Å². The summed E-state index contributed by atoms with van der Waals surface area (Å²) < 4.78 is 41.0. The van der Waals surface area contributed by atoms with Crippen LogP contribution in [0.1, 0.15) is 11.4 Å². The van der Waals surface area contributed by atoms with Crippen LogP contribution in [0.15, 0.2) is 29.1 Å². The number of rotatable bonds is 2. The zero-order valence-electron chi connectivity index (χ0n) is 10.7. The third-order valence-electron chi connectivity index (χ3n) is 2.71. The van der Waals surface area contributed by atoms with Crippen LogP contribution in [0.3, 0.4) is 0 Å². The van der Waals surface area contributed by atoms with Crippen molar-refractivity contribution in [1.29, 1.82) is 0 Å². The zero-order valence-corrected chi connectivity index (χ0v) is 10.7. The monoisotopic (exact) mass is 284 g/mol. The Balaban J connectivity index is 2.59. The predicted octanol–water partition coefficient (Wildman–Crippen LogP) is 2.95. The topological polar surface area (TPSA) is 55.0 Å². The second kappa shape index (κ2) is 4.99. The normalized spacial score (nSPS) is 11.4. The molecule has 0 aliphatic rings. The van der Waals surface area contributed by atoms with Crippen molar-refractivity contribution in [2.45, 2.75) is 20.2 Å². The number of halogens is 3. The van der Waals surface area contributed by atoms with E-state index >= 15 is 0 Å². The first-order valence-corrected chi connectivity index (χ1v) is 5.70. The molecule has 0 spiro atoms. The number of hydrogen-bond acceptors (Lipinski definition) is 3. The SMILES string of the molecule is Cc1nc(-c2ccccc2OC(F)(F)F)c(=O)[nH]c1C. The van der Waals surface area contributed by atoms with Gasteiger partial charge >= 0.3 is 6.36 Å². The van der Waals surface area contributed by atoms with E-state index in [0.717, 1.165) is 6.07 Å². The molecule has 7 heteroatoms. The van der Waals surface area contributed by atoms with Gasteiger partial charge in [-0.05, 0) is 26.0 Å². The number of aromatic amines is 1. The summed E-state index contributed by atoms with van der Waals surface area (Å²) in [4.78, 5) is 18.4. The molecule has 20 heavy (non-hydrogen) atoms. The third-order valence-corrected chi connectivity index (χ3v) is 2.71. The molecule has 2 rings (SSSR count). The molecule has 0 aliphatic heterocycles. The number of hydrogen-bond donors (Lipinski definition) is 1. The first kappa shape index (κ1) is 14.1. The van der Waals surface area contributed by atoms with Gasteiger partial charge in [0, 0.05) is 11.3 Å². The molecule has 4 nitrogen and oxygen atoms in total. The number of aromatic nitrogens is 2. The standard InChI is InChI=1S/C13H11F3N2O2/c1-7-8(2)18-12(19)11(17-7)9-5-3-4-6-10(9)20-13(14,15)16/h3-6H,1-2H3,(H,18,19). The number of alkyl halides is 3. The Bertz CT molecular complexity index is 693. The third kappa shape index (κ3) is 2.98. The van der Waals surface area contributed by atoms with Crippen LogP contribution in [-0.4, -0.2) is 16.3 Å². The second-order valence-electron chi connectivity index (χ2n) is 4.17. The smallest absolute Gasteiger partial charge is 0.405 e. The Morgan fingerprint density at radius 2 is 1.85 bits per heavy atom. The average Bonchev–Trinajstić information content (AvgIpc) is 2.33. The van der Waals surface area contributed by atoms with Crippen molar-refractivity contribution in [3.05, 3.63) is 46.0 Å². The van der Waals surface area contributed by atoms with Gasteiger partial charge in [-0.2, -0.15) is 0 Å². The van der Waals surface area contributed by atoms with Crippen LogP contribution in [0.5, 0.6) is 5.75 Å². The van der Waals surface area contributed by atoms with Crippen LogP contribution in [0.4, 0.5) is 13.2 Å². The summed E-state index contributed by atoms with van der Waals surface area (Å²) in [6.07, 6.45) is -4.83. The van der Waals surface area contributed by atoms with Gasteiger partial charge in [0.25, 0.3) is 5.56 Å². The lowest BCUT2D eigenvalue weighted by molar-refractivity contribution is -0.274. The van der Waals surface area contributed by atoms with E-state index in [1.807, 2.05) is 0 Å². The lowest BCUT2D eigenvalue weighted by atomic mass is 10.1. The van der Waals surface area contributed by atoms with Crippen LogP contribution < -0.4 is 10.3 Å². The van der Waals surface area contributed by atoms with Crippen molar-refractivity contribution in [2.24, 2.45) is 0 Å². The summed E-state index contributed by atoms with van der Waals surface area (Å²) in [5.41, 5.74) is 0.419. The number of ether oxygens (including phenoxy) is 1. The minimum absolute atomic E-state index is 0.00539. The maximum Gasteiger partial charge on any atom is 0.573 e. The van der Waals surface area contributed by atoms with E-state index in [9.17, 15) is 18.0 Å². The lowest BCUT2D eigenvalue weighted by Crippen LogP contribution is -2.19. The molecule has 1 aromatic heterocycles. The first-order chi connectivity index (χ1) is 9.28. The van der Waals surface area contributed by atoms with Crippen molar-refractivity contribution in [1.82, 2.24) is 9.97 Å². The minimum atomic E-state index is -4.83. The molecule has 2 aromatic rings. The largest absolute Gasteiger partial charge is 0.573 e. The molecule has 1 aromatic carbocycles. The van der Waals surface area contributed by atoms with Crippen molar-refractivity contribution in [2.75, 3.05) is 0 Å². The summed E-state index contributed by atoms with van der Waals surface area (Å²) in [7, 11) is 0. The van der Waals surface area contributed by atoms with E-state index in [1.165, 1.54) is 18.2 Å². The highest BCUT2D eigenvalue weighted by molar-refractivity contribution is 5.66. The molecule has 106 valence electrons. The summed E-state index contributed by atoms with van der Waals surface area (Å²) in [5.74, 6) is -0.457. The van der Waals surface area contributed by atoms with Crippen molar-refractivity contribution < 1.29 is 17.9 Å². The number of benzene rings is 1. The molecular formula is C13H11F3N2O2. The molecule has 0 atom stereocenters. The van der Waals surface area contributed by atoms with Gasteiger partial charge < -0.3 is 9.72 Å². The van der Waals surface area contributed by atoms with Crippen LogP contribution in [-0.2, 0) is 0 Å². The lowest BCUT2D eigenvalue weighted by Gasteiger charge is -2.12. The quantitative estimate of drug-likeness (QED) is 0.922. The van der Waals surface area contributed by atoms with Crippen LogP contribution in [0.2, 0.25) is 0 Å². The van der Waals surface area contributed by atoms with Gasteiger partial charge in [0.2, 0.25) is 0 Å². The fourth-order valence-corrected chi connectivity index (χ4v) is 1.68. The fourth-order valence-electron chi connectivity index (χ4n) is 1.68. The van der Waals surface area contributed by atoms with Gasteiger partial charge in [0.15, 0.2) is 0 Å². The number of H-pyrrole nitrogens is 1. The Hall–Kier alpha value is -2.31. The first-order valence-electron chi connectivity index (χ1n) is 5.70. The maximum atomic E-state index is 12.4. The molecule has 0 unspecified atom stereocenters. The van der Waals surface area contributed by atoms with Gasteiger partial charge in [-0.3, -0.25) is 4.79 Å². The van der Waals surface area contributed by atoms with E-state index in [0.29, 0.717) is 11.4 Å². The van der Waals surface area contributed by atoms with Crippen LogP contribution in [0, 0.1) is 13.8 Å². The van der Waals surface area contributed by atoms with E-state index < -0.39 is 17.7 Å². The second-order valence-corrected chi connectivity index (χ2v) is 4.17. The molecule has 0 aliphatic carbocycles. The molecule has 0 saturated carbocycles. The molecule has 0 bridgehead atoms. The predicted molar refractivity (Wildman–Crippen MR) is 66.5 cm³/mol. The molecule has 1 N–H and O–H groups in total. The van der Waals surface area contributed by atoms with Crippen molar-refractivity contribution in [3.8, 4) is 17.0 Å². The summed E-state index contributed by atoms with van der Waals surface area (Å²) in [6.45, 7) is 3.31. The van der Waals surface area contributed by atoms with Gasteiger partial charge in [-0.1, -0.05) is 12.1 Å². The van der Waals surface area contributed by atoms with Crippen LogP contribution in [0.25, 0.3) is 11.3 Å². The van der Waals surface area contributed by atoms with Crippen molar-refractivity contribution >= 4 is 0 Å². The Morgan fingerprint density at radius 3 is 2.50 bits per heavy atom. The number of aryl methyl sites for hydroxylation is 2. The number of nitrogens with zero attached hydrogens (tertiary/aromatic N) is 1. The van der Waals surface area contributed by atoms with E-state index in [4.69, 9.17) is 0 Å². The Labute approximate surface area is 112 Å². The average molecular weight is 284 g/mol. The highest BCUT2D eigenvalue weighted by Crippen LogP contribution is 2.31. The summed E-state index contributed by atoms with van der Waals surface area (Å²) in [5, 5.41) is 0. The van der Waals surface area contributed by atoms with E-state index in [-0.39, 0.29) is 11.3 Å². The highest BCUT2D eigenvalue weighted by atomic mass is 19.4. The number of nitrogens with one attached hydrogen (secondary N) is 1. The number of para-hydroxylation sites is 1. The molecule has 0 saturated heterocycles. The molecular weight excluding hydrogens is 273 g/mol. The Kier molecular flexibility index (Phi) is 3.52.